The number of guanidine groups is 2. The van der Waals surface area contributed by atoms with Crippen LogP contribution in [0.15, 0.2) is 34.3 Å². The summed E-state index contributed by atoms with van der Waals surface area (Å²) in [7, 11) is 0. The van der Waals surface area contributed by atoms with Gasteiger partial charge in [-0.15, -0.1) is 12.4 Å². The first-order valence-corrected chi connectivity index (χ1v) is 10.5. The Balaban J connectivity index is 0.00000450. The molecule has 9 heteroatoms. The molecule has 0 aliphatic carbocycles. The van der Waals surface area contributed by atoms with Gasteiger partial charge in [-0.2, -0.15) is 13.2 Å². The summed E-state index contributed by atoms with van der Waals surface area (Å²) in [5, 5.41) is 5.95. The van der Waals surface area contributed by atoms with Gasteiger partial charge in [0.2, 0.25) is 5.96 Å². The van der Waals surface area contributed by atoms with Gasteiger partial charge in [0.05, 0.1) is 5.56 Å². The second kappa shape index (κ2) is 13.4. The Morgan fingerprint density at radius 2 is 1.57 bits per heavy atom. The summed E-state index contributed by atoms with van der Waals surface area (Å²) < 4.78 is 37.9. The summed E-state index contributed by atoms with van der Waals surface area (Å²) >= 11 is 0. The third-order valence-electron chi connectivity index (χ3n) is 4.87. The molecule has 1 heterocycles. The molecule has 0 fully saturated rings. The maximum absolute atomic E-state index is 12.6. The van der Waals surface area contributed by atoms with E-state index in [1.807, 2.05) is 0 Å². The zero-order valence-electron chi connectivity index (χ0n) is 17.5. The predicted molar refractivity (Wildman–Crippen MR) is 119 cm³/mol. The van der Waals surface area contributed by atoms with Crippen LogP contribution < -0.4 is 16.4 Å². The van der Waals surface area contributed by atoms with Crippen molar-refractivity contribution in [2.75, 3.05) is 0 Å². The summed E-state index contributed by atoms with van der Waals surface area (Å²) in [6.07, 6.45) is 6.23. The number of hydrogen-bond acceptors (Lipinski definition) is 5. The molecule has 1 aliphatic heterocycles. The molecular weight excluding hydrogens is 415 g/mol. The lowest BCUT2D eigenvalue weighted by Gasteiger charge is -2.20. The second-order valence-electron chi connectivity index (χ2n) is 7.41. The number of halogens is 4. The van der Waals surface area contributed by atoms with Crippen molar-refractivity contribution in [3.63, 3.8) is 0 Å². The Hall–Kier alpha value is -1.96. The van der Waals surface area contributed by atoms with Gasteiger partial charge in [-0.25, -0.2) is 9.98 Å². The van der Waals surface area contributed by atoms with E-state index in [0.717, 1.165) is 37.0 Å². The van der Waals surface area contributed by atoms with E-state index in [1.165, 1.54) is 50.7 Å². The van der Waals surface area contributed by atoms with Crippen LogP contribution in [0.25, 0.3) is 0 Å². The minimum atomic E-state index is -4.32. The van der Waals surface area contributed by atoms with E-state index in [-0.39, 0.29) is 18.6 Å². The molecule has 0 bridgehead atoms. The first-order valence-electron chi connectivity index (χ1n) is 10.5. The highest BCUT2D eigenvalue weighted by molar-refractivity contribution is 5.99. The quantitative estimate of drug-likeness (QED) is 0.400. The van der Waals surface area contributed by atoms with Gasteiger partial charge >= 0.3 is 6.18 Å². The van der Waals surface area contributed by atoms with Gasteiger partial charge in [-0.1, -0.05) is 64.0 Å². The fourth-order valence-electron chi connectivity index (χ4n) is 3.20. The molecule has 4 N–H and O–H groups in total. The monoisotopic (exact) mass is 447 g/mol. The second-order valence-corrected chi connectivity index (χ2v) is 7.41. The number of alkyl halides is 3. The Labute approximate surface area is 183 Å². The average molecular weight is 448 g/mol. The van der Waals surface area contributed by atoms with Crippen molar-refractivity contribution in [1.29, 1.82) is 0 Å². The van der Waals surface area contributed by atoms with E-state index >= 15 is 0 Å². The first kappa shape index (κ1) is 26.1. The van der Waals surface area contributed by atoms with E-state index in [4.69, 9.17) is 5.73 Å². The van der Waals surface area contributed by atoms with E-state index in [2.05, 4.69) is 27.5 Å². The highest BCUT2D eigenvalue weighted by Crippen LogP contribution is 2.29. The number of nitrogens with zero attached hydrogens (tertiary/aromatic N) is 2. The third kappa shape index (κ3) is 9.69. The molecule has 2 rings (SSSR count). The van der Waals surface area contributed by atoms with Crippen LogP contribution in [0.3, 0.4) is 0 Å². The van der Waals surface area contributed by atoms with Gasteiger partial charge in [-0.3, -0.25) is 5.32 Å². The summed E-state index contributed by atoms with van der Waals surface area (Å²) in [6.45, 7) is 2.57. The molecule has 0 amide bonds. The molecule has 1 aromatic carbocycles. The minimum Gasteiger partial charge on any atom is -0.370 e. The van der Waals surface area contributed by atoms with E-state index < -0.39 is 11.7 Å². The third-order valence-corrected chi connectivity index (χ3v) is 4.87. The number of hydrogen-bond donors (Lipinski definition) is 3. The van der Waals surface area contributed by atoms with Gasteiger partial charge in [0.1, 0.15) is 6.17 Å². The lowest BCUT2D eigenvalue weighted by molar-refractivity contribution is -0.137. The van der Waals surface area contributed by atoms with Crippen molar-refractivity contribution in [3.05, 3.63) is 35.4 Å². The normalized spacial score (nSPS) is 16.2. The highest BCUT2D eigenvalue weighted by atomic mass is 35.5. The van der Waals surface area contributed by atoms with Crippen molar-refractivity contribution in [3.8, 4) is 0 Å². The fourth-order valence-corrected chi connectivity index (χ4v) is 3.20. The molecular formula is C21H33ClF3N5. The van der Waals surface area contributed by atoms with Crippen molar-refractivity contribution in [2.45, 2.75) is 83.6 Å². The van der Waals surface area contributed by atoms with Gasteiger partial charge in [0, 0.05) is 6.54 Å². The number of rotatable bonds is 11. The number of benzene rings is 1. The fraction of sp³-hybridized carbons (Fsp3) is 0.619. The lowest BCUT2D eigenvalue weighted by Crippen LogP contribution is -2.48. The summed E-state index contributed by atoms with van der Waals surface area (Å²) in [5.74, 6) is 0.807. The number of unbranched alkanes of at least 4 members (excludes halogenated alkanes) is 7. The first-order chi connectivity index (χ1) is 13.9. The molecule has 0 saturated carbocycles. The predicted octanol–water partition coefficient (Wildman–Crippen LogP) is 5.35. The average Bonchev–Trinajstić information content (AvgIpc) is 2.68. The molecule has 1 aliphatic rings. The van der Waals surface area contributed by atoms with Crippen molar-refractivity contribution < 1.29 is 13.2 Å². The number of nitrogens with one attached hydrogen (secondary N) is 2. The number of aliphatic imine (C=N–C) groups is 2. The van der Waals surface area contributed by atoms with Crippen LogP contribution in [0.2, 0.25) is 0 Å². The summed E-state index contributed by atoms with van der Waals surface area (Å²) in [4.78, 5) is 8.82. The van der Waals surface area contributed by atoms with Gasteiger partial charge in [0.25, 0.3) is 0 Å². The topological polar surface area (TPSA) is 74.8 Å². The van der Waals surface area contributed by atoms with E-state index in [9.17, 15) is 13.2 Å². The zero-order chi connectivity index (χ0) is 21.1. The van der Waals surface area contributed by atoms with Crippen molar-refractivity contribution >= 4 is 24.3 Å². The largest absolute Gasteiger partial charge is 0.416 e. The van der Waals surface area contributed by atoms with Crippen molar-refractivity contribution in [2.24, 2.45) is 15.7 Å². The maximum atomic E-state index is 12.6. The van der Waals surface area contributed by atoms with Crippen LogP contribution in [0.4, 0.5) is 13.2 Å². The van der Waals surface area contributed by atoms with Crippen LogP contribution in [0, 0.1) is 0 Å². The standard InChI is InChI=1S/C21H32F3N5.ClH/c1-2-3-4-5-6-7-8-9-10-18-27-19(25)29-20(28-18)26-15-16-11-13-17(14-12-16)21(22,23)24;/h11-14,18H,2-10,15H2,1H3,(H4,25,26,27,28,29);1H. The van der Waals surface area contributed by atoms with Gasteiger partial charge in [0.15, 0.2) is 5.96 Å². The lowest BCUT2D eigenvalue weighted by atomic mass is 10.1. The van der Waals surface area contributed by atoms with Crippen LogP contribution in [-0.2, 0) is 12.7 Å². The van der Waals surface area contributed by atoms with Crippen LogP contribution in [-0.4, -0.2) is 18.1 Å². The minimum absolute atomic E-state index is 0. The van der Waals surface area contributed by atoms with E-state index in [1.54, 1.807) is 0 Å². The molecule has 0 saturated heterocycles. The molecule has 0 aromatic heterocycles. The highest BCUT2D eigenvalue weighted by Gasteiger charge is 2.29. The maximum Gasteiger partial charge on any atom is 0.416 e. The van der Waals surface area contributed by atoms with Gasteiger partial charge < -0.3 is 11.1 Å². The molecule has 170 valence electrons. The smallest absolute Gasteiger partial charge is 0.370 e. The van der Waals surface area contributed by atoms with Crippen LogP contribution in [0.1, 0.15) is 75.8 Å². The zero-order valence-corrected chi connectivity index (χ0v) is 18.3. The summed E-state index contributed by atoms with van der Waals surface area (Å²) in [6, 6.07) is 5.06. The molecule has 0 radical (unpaired) electrons. The molecule has 30 heavy (non-hydrogen) atoms. The van der Waals surface area contributed by atoms with Gasteiger partial charge in [-0.05, 0) is 30.5 Å². The molecule has 0 spiro atoms. The van der Waals surface area contributed by atoms with E-state index in [0.29, 0.717) is 18.5 Å². The molecule has 1 aromatic rings. The van der Waals surface area contributed by atoms with Crippen LogP contribution in [0.5, 0.6) is 0 Å². The van der Waals surface area contributed by atoms with Crippen LogP contribution >= 0.6 is 12.4 Å². The molecule has 1 atom stereocenters. The van der Waals surface area contributed by atoms with Crippen molar-refractivity contribution in [1.82, 2.24) is 10.6 Å². The molecule has 5 nitrogen and oxygen atoms in total. The SMILES string of the molecule is CCCCCCCCCCC1N=C(N)NC(NCc2ccc(C(F)(F)F)cc2)=N1.Cl. The Morgan fingerprint density at radius 1 is 0.967 bits per heavy atom. The Morgan fingerprint density at radius 3 is 2.17 bits per heavy atom. The Kier molecular flexibility index (Phi) is 11.6. The number of nitrogens with two attached hydrogens (primary N) is 1. The summed E-state index contributed by atoms with van der Waals surface area (Å²) in [5.41, 5.74) is 5.91. The Bertz CT molecular complexity index is 674. The molecule has 1 unspecified atom stereocenters.